The van der Waals surface area contributed by atoms with E-state index in [1.807, 2.05) is 16.7 Å². The van der Waals surface area contributed by atoms with Crippen LogP contribution in [0.2, 0.25) is 0 Å². The smallest absolute Gasteiger partial charge is 0.278 e. The van der Waals surface area contributed by atoms with E-state index >= 15 is 0 Å². The maximum Gasteiger partial charge on any atom is 0.278 e. The first kappa shape index (κ1) is 15.8. The highest BCUT2D eigenvalue weighted by molar-refractivity contribution is 5.58. The molecule has 1 aromatic carbocycles. The van der Waals surface area contributed by atoms with E-state index in [9.17, 15) is 4.39 Å². The maximum absolute atomic E-state index is 13.1. The molecule has 1 atom stereocenters. The number of imidazole rings is 1. The Hall–Kier alpha value is -3.39. The van der Waals surface area contributed by atoms with Gasteiger partial charge < -0.3 is 13.8 Å². The molecule has 0 aliphatic carbocycles. The molecule has 134 valence electrons. The second-order valence-electron chi connectivity index (χ2n) is 6.21. The van der Waals surface area contributed by atoms with E-state index in [2.05, 4.69) is 20.1 Å². The molecule has 0 radical (unpaired) electrons. The van der Waals surface area contributed by atoms with E-state index in [0.717, 1.165) is 16.8 Å². The largest absolute Gasteiger partial charge is 0.365 e. The summed E-state index contributed by atoms with van der Waals surface area (Å²) in [5, 5.41) is 4.01. The fourth-order valence-corrected chi connectivity index (χ4v) is 3.12. The van der Waals surface area contributed by atoms with Crippen molar-refractivity contribution in [2.24, 2.45) is 0 Å². The predicted molar refractivity (Wildman–Crippen MR) is 92.7 cm³/mol. The third-order valence-electron chi connectivity index (χ3n) is 4.52. The molecule has 0 saturated heterocycles. The lowest BCUT2D eigenvalue weighted by Crippen LogP contribution is -2.20. The van der Waals surface area contributed by atoms with E-state index in [4.69, 9.17) is 9.26 Å². The van der Waals surface area contributed by atoms with Crippen LogP contribution in [0.4, 0.5) is 4.39 Å². The van der Waals surface area contributed by atoms with Gasteiger partial charge in [0.15, 0.2) is 5.69 Å². The Bertz CT molecular complexity index is 1080. The summed E-state index contributed by atoms with van der Waals surface area (Å²) in [5.74, 6) is 0.535. The van der Waals surface area contributed by atoms with Crippen molar-refractivity contribution in [1.29, 1.82) is 0 Å². The number of nitrogens with zero attached hydrogens (tertiary/aromatic N) is 5. The van der Waals surface area contributed by atoms with Gasteiger partial charge >= 0.3 is 0 Å². The van der Waals surface area contributed by atoms with Gasteiger partial charge in [-0.15, -0.1) is 0 Å². The van der Waals surface area contributed by atoms with Gasteiger partial charge in [0.05, 0.1) is 25.2 Å². The molecule has 0 saturated carbocycles. The summed E-state index contributed by atoms with van der Waals surface area (Å²) in [6.45, 7) is 0.930. The lowest BCUT2D eigenvalue weighted by atomic mass is 10.1. The quantitative estimate of drug-likeness (QED) is 0.555. The van der Waals surface area contributed by atoms with E-state index in [1.54, 1.807) is 30.9 Å². The number of ether oxygens (including phenoxy) is 1. The van der Waals surface area contributed by atoms with Crippen molar-refractivity contribution in [2.75, 3.05) is 0 Å². The van der Waals surface area contributed by atoms with Crippen LogP contribution in [0.25, 0.3) is 23.0 Å². The Kier molecular flexibility index (Phi) is 3.75. The lowest BCUT2D eigenvalue weighted by Gasteiger charge is -2.25. The van der Waals surface area contributed by atoms with Crippen LogP contribution < -0.4 is 0 Å². The minimum absolute atomic E-state index is 0.159. The van der Waals surface area contributed by atoms with Crippen LogP contribution in [0.3, 0.4) is 0 Å². The van der Waals surface area contributed by atoms with Crippen LogP contribution in [0, 0.1) is 5.82 Å². The average molecular weight is 363 g/mol. The topological polar surface area (TPSA) is 78.9 Å². The number of fused-ring (bicyclic) bond motifs is 1. The fraction of sp³-hybridized carbons (Fsp3) is 0.158. The standard InChI is InChI=1S/C19H14FN5O2/c20-14-5-3-12(4-6-14)16-9-25-11-22-17(15(25)10-26-16)19-23-18(24-27-19)13-2-1-7-21-8-13/h1-8,11,16H,9-10H2. The normalized spacial score (nSPS) is 16.3. The van der Waals surface area contributed by atoms with Crippen molar-refractivity contribution in [3.05, 3.63) is 72.2 Å². The summed E-state index contributed by atoms with van der Waals surface area (Å²) >= 11 is 0. The van der Waals surface area contributed by atoms with Crippen molar-refractivity contribution < 1.29 is 13.7 Å². The Morgan fingerprint density at radius 3 is 2.85 bits per heavy atom. The maximum atomic E-state index is 13.1. The summed E-state index contributed by atoms with van der Waals surface area (Å²) in [6.07, 6.45) is 4.94. The second kappa shape index (κ2) is 6.40. The molecule has 27 heavy (non-hydrogen) atoms. The molecule has 0 amide bonds. The number of hydrogen-bond acceptors (Lipinski definition) is 6. The van der Waals surface area contributed by atoms with Crippen LogP contribution in [-0.2, 0) is 17.9 Å². The molecule has 0 fully saturated rings. The summed E-state index contributed by atoms with van der Waals surface area (Å²) in [5.41, 5.74) is 3.17. The molecule has 1 aliphatic rings. The third-order valence-corrected chi connectivity index (χ3v) is 4.52. The number of aromatic nitrogens is 5. The zero-order valence-electron chi connectivity index (χ0n) is 14.1. The Labute approximate surface area is 153 Å². The van der Waals surface area contributed by atoms with Crippen LogP contribution in [-0.4, -0.2) is 24.7 Å². The van der Waals surface area contributed by atoms with Crippen LogP contribution >= 0.6 is 0 Å². The Balaban J connectivity index is 1.42. The lowest BCUT2D eigenvalue weighted by molar-refractivity contribution is 0.00326. The summed E-state index contributed by atoms with van der Waals surface area (Å²) < 4.78 is 26.5. The van der Waals surface area contributed by atoms with Crippen molar-refractivity contribution in [3.8, 4) is 23.0 Å². The summed E-state index contributed by atoms with van der Waals surface area (Å²) in [4.78, 5) is 12.9. The number of pyridine rings is 1. The minimum atomic E-state index is -0.263. The minimum Gasteiger partial charge on any atom is -0.365 e. The van der Waals surface area contributed by atoms with Gasteiger partial charge in [0.2, 0.25) is 5.82 Å². The molecule has 5 rings (SSSR count). The molecular weight excluding hydrogens is 349 g/mol. The predicted octanol–water partition coefficient (Wildman–Crippen LogP) is 3.41. The van der Waals surface area contributed by atoms with Gasteiger partial charge in [-0.2, -0.15) is 4.98 Å². The van der Waals surface area contributed by atoms with Crippen molar-refractivity contribution in [1.82, 2.24) is 24.7 Å². The molecule has 0 spiro atoms. The molecular formula is C19H14FN5O2. The van der Waals surface area contributed by atoms with E-state index in [0.29, 0.717) is 30.6 Å². The number of benzene rings is 1. The second-order valence-corrected chi connectivity index (χ2v) is 6.21. The molecule has 0 bridgehead atoms. The van der Waals surface area contributed by atoms with Gasteiger partial charge in [-0.25, -0.2) is 9.37 Å². The highest BCUT2D eigenvalue weighted by Gasteiger charge is 2.26. The van der Waals surface area contributed by atoms with E-state index in [-0.39, 0.29) is 11.9 Å². The van der Waals surface area contributed by atoms with E-state index in [1.165, 1.54) is 12.1 Å². The van der Waals surface area contributed by atoms with Gasteiger partial charge in [0.25, 0.3) is 5.89 Å². The highest BCUT2D eigenvalue weighted by Crippen LogP contribution is 2.31. The summed E-state index contributed by atoms with van der Waals surface area (Å²) in [7, 11) is 0. The molecule has 7 nitrogen and oxygen atoms in total. The molecule has 0 N–H and O–H groups in total. The average Bonchev–Trinajstić information content (AvgIpc) is 3.36. The first-order valence-electron chi connectivity index (χ1n) is 8.43. The monoisotopic (exact) mass is 363 g/mol. The molecule has 4 aromatic rings. The Morgan fingerprint density at radius 1 is 1.15 bits per heavy atom. The molecule has 1 unspecified atom stereocenters. The Morgan fingerprint density at radius 2 is 2.04 bits per heavy atom. The third kappa shape index (κ3) is 2.89. The summed E-state index contributed by atoms with van der Waals surface area (Å²) in [6, 6.07) is 10.0. The first-order valence-corrected chi connectivity index (χ1v) is 8.43. The zero-order chi connectivity index (χ0) is 18.2. The van der Waals surface area contributed by atoms with Gasteiger partial charge in [0, 0.05) is 18.0 Å². The van der Waals surface area contributed by atoms with Crippen molar-refractivity contribution in [2.45, 2.75) is 19.3 Å². The van der Waals surface area contributed by atoms with Gasteiger partial charge in [-0.05, 0) is 29.8 Å². The van der Waals surface area contributed by atoms with Crippen LogP contribution in [0.1, 0.15) is 17.4 Å². The van der Waals surface area contributed by atoms with Gasteiger partial charge in [-0.3, -0.25) is 4.98 Å². The molecule has 4 heterocycles. The molecule has 3 aromatic heterocycles. The zero-order valence-corrected chi connectivity index (χ0v) is 14.1. The molecule has 8 heteroatoms. The highest BCUT2D eigenvalue weighted by atomic mass is 19.1. The van der Waals surface area contributed by atoms with Gasteiger partial charge in [0.1, 0.15) is 11.9 Å². The first-order chi connectivity index (χ1) is 13.3. The van der Waals surface area contributed by atoms with Crippen molar-refractivity contribution >= 4 is 0 Å². The van der Waals surface area contributed by atoms with Gasteiger partial charge in [-0.1, -0.05) is 17.3 Å². The SMILES string of the molecule is Fc1ccc(C2Cn3cnc(-c4nc(-c5cccnc5)no4)c3CO2)cc1. The van der Waals surface area contributed by atoms with Crippen LogP contribution in [0.5, 0.6) is 0 Å². The number of halogens is 1. The van der Waals surface area contributed by atoms with Crippen LogP contribution in [0.15, 0.2) is 59.6 Å². The van der Waals surface area contributed by atoms with E-state index < -0.39 is 0 Å². The van der Waals surface area contributed by atoms with Crippen molar-refractivity contribution in [3.63, 3.8) is 0 Å². The fourth-order valence-electron chi connectivity index (χ4n) is 3.12. The number of hydrogen-bond donors (Lipinski definition) is 0. The molecule has 1 aliphatic heterocycles. The number of rotatable bonds is 3.